The molecule has 2 aromatic carbocycles. The molecule has 0 unspecified atom stereocenters. The van der Waals surface area contributed by atoms with Gasteiger partial charge in [-0.05, 0) is 56.5 Å². The first-order valence-corrected chi connectivity index (χ1v) is 8.44. The molecular formula is C18H21ClFN3S. The van der Waals surface area contributed by atoms with E-state index in [1.54, 1.807) is 6.07 Å². The predicted octanol–water partition coefficient (Wildman–Crippen LogP) is 3.94. The summed E-state index contributed by atoms with van der Waals surface area (Å²) in [4.78, 5) is 2.16. The summed E-state index contributed by atoms with van der Waals surface area (Å²) in [5.41, 5.74) is 1.94. The Bertz CT molecular complexity index is 679. The number of nitrogens with one attached hydrogen (secondary N) is 2. The van der Waals surface area contributed by atoms with Gasteiger partial charge in [-0.15, -0.1) is 0 Å². The van der Waals surface area contributed by atoms with Crippen LogP contribution < -0.4 is 10.6 Å². The van der Waals surface area contributed by atoms with Crippen LogP contribution in [0.1, 0.15) is 5.56 Å². The predicted molar refractivity (Wildman–Crippen MR) is 103 cm³/mol. The maximum Gasteiger partial charge on any atom is 0.170 e. The molecule has 0 radical (unpaired) electrons. The summed E-state index contributed by atoms with van der Waals surface area (Å²) < 4.78 is 13.2. The summed E-state index contributed by atoms with van der Waals surface area (Å²) in [6, 6.07) is 15.1. The molecule has 0 spiro atoms. The van der Waals surface area contributed by atoms with Gasteiger partial charge in [0, 0.05) is 18.3 Å². The Labute approximate surface area is 152 Å². The Hall–Kier alpha value is -1.69. The normalized spacial score (nSPS) is 12.0. The second kappa shape index (κ2) is 8.97. The first-order valence-electron chi connectivity index (χ1n) is 7.66. The van der Waals surface area contributed by atoms with E-state index in [1.165, 1.54) is 17.7 Å². The highest BCUT2D eigenvalue weighted by Gasteiger charge is 2.13. The van der Waals surface area contributed by atoms with Gasteiger partial charge in [0.25, 0.3) is 0 Å². The number of likely N-dealkylation sites (N-methyl/N-ethyl adjacent to an activating group) is 1. The summed E-state index contributed by atoms with van der Waals surface area (Å²) in [5, 5.41) is 6.78. The monoisotopic (exact) mass is 365 g/mol. The van der Waals surface area contributed by atoms with Crippen molar-refractivity contribution in [2.45, 2.75) is 12.5 Å². The van der Waals surface area contributed by atoms with Crippen molar-refractivity contribution in [2.75, 3.05) is 26.0 Å². The highest BCUT2D eigenvalue weighted by molar-refractivity contribution is 7.80. The number of anilines is 1. The van der Waals surface area contributed by atoms with Crippen molar-refractivity contribution in [3.8, 4) is 0 Å². The maximum atomic E-state index is 13.2. The minimum Gasteiger partial charge on any atom is -0.361 e. The molecule has 1 atom stereocenters. The fourth-order valence-corrected chi connectivity index (χ4v) is 2.66. The van der Waals surface area contributed by atoms with Crippen LogP contribution in [0.4, 0.5) is 10.1 Å². The molecule has 0 aliphatic heterocycles. The molecule has 0 aliphatic rings. The van der Waals surface area contributed by atoms with Crippen LogP contribution in [0, 0.1) is 5.82 Å². The molecule has 2 N–H and O–H groups in total. The van der Waals surface area contributed by atoms with Crippen molar-refractivity contribution in [1.82, 2.24) is 10.2 Å². The van der Waals surface area contributed by atoms with Gasteiger partial charge in [0.2, 0.25) is 0 Å². The smallest absolute Gasteiger partial charge is 0.170 e. The third kappa shape index (κ3) is 5.74. The summed E-state index contributed by atoms with van der Waals surface area (Å²) in [5.74, 6) is -0.448. The molecule has 0 aromatic heterocycles. The zero-order valence-corrected chi connectivity index (χ0v) is 15.3. The van der Waals surface area contributed by atoms with E-state index in [0.717, 1.165) is 6.42 Å². The summed E-state index contributed by atoms with van der Waals surface area (Å²) in [6.07, 6.45) is 0.922. The van der Waals surface area contributed by atoms with E-state index in [1.807, 2.05) is 32.3 Å². The zero-order chi connectivity index (χ0) is 17.5. The Morgan fingerprint density at radius 2 is 1.92 bits per heavy atom. The molecule has 2 rings (SSSR count). The highest BCUT2D eigenvalue weighted by Crippen LogP contribution is 2.19. The lowest BCUT2D eigenvalue weighted by molar-refractivity contribution is 0.291. The van der Waals surface area contributed by atoms with Crippen LogP contribution >= 0.6 is 23.8 Å². The van der Waals surface area contributed by atoms with Gasteiger partial charge in [-0.3, -0.25) is 0 Å². The van der Waals surface area contributed by atoms with Gasteiger partial charge in [0.15, 0.2) is 5.11 Å². The molecule has 0 saturated carbocycles. The van der Waals surface area contributed by atoms with E-state index in [2.05, 4.69) is 27.7 Å². The maximum absolute atomic E-state index is 13.2. The van der Waals surface area contributed by atoms with Crippen molar-refractivity contribution in [2.24, 2.45) is 0 Å². The Morgan fingerprint density at radius 1 is 1.21 bits per heavy atom. The number of nitrogens with zero attached hydrogens (tertiary/aromatic N) is 1. The van der Waals surface area contributed by atoms with E-state index in [0.29, 0.717) is 23.4 Å². The third-order valence-corrected chi connectivity index (χ3v) is 4.26. The molecule has 0 heterocycles. The van der Waals surface area contributed by atoms with E-state index in [9.17, 15) is 4.39 Å². The average molecular weight is 366 g/mol. The van der Waals surface area contributed by atoms with E-state index >= 15 is 0 Å². The van der Waals surface area contributed by atoms with Crippen molar-refractivity contribution in [3.05, 3.63) is 64.9 Å². The molecule has 6 heteroatoms. The van der Waals surface area contributed by atoms with Gasteiger partial charge in [-0.25, -0.2) is 4.39 Å². The lowest BCUT2D eigenvalue weighted by Crippen LogP contribution is -2.42. The summed E-state index contributed by atoms with van der Waals surface area (Å²) in [7, 11) is 4.09. The molecule has 0 saturated heterocycles. The highest BCUT2D eigenvalue weighted by atomic mass is 35.5. The standard InChI is InChI=1S/C18H21ClFN3S/c1-23(2)15(10-13-6-4-3-5-7-13)12-21-18(24)22-14-8-9-17(20)16(19)11-14/h3-9,11,15H,10,12H2,1-2H3,(H2,21,22,24)/t15-/m0/s1. The second-order valence-corrected chi connectivity index (χ2v) is 6.59. The van der Waals surface area contributed by atoms with Gasteiger partial charge >= 0.3 is 0 Å². The van der Waals surface area contributed by atoms with Crippen molar-refractivity contribution < 1.29 is 4.39 Å². The van der Waals surface area contributed by atoms with E-state index in [4.69, 9.17) is 23.8 Å². The number of benzene rings is 2. The molecule has 24 heavy (non-hydrogen) atoms. The Kier molecular flexibility index (Phi) is 6.97. The topological polar surface area (TPSA) is 27.3 Å². The largest absolute Gasteiger partial charge is 0.361 e. The third-order valence-electron chi connectivity index (χ3n) is 3.72. The number of halogens is 2. The van der Waals surface area contributed by atoms with Gasteiger partial charge < -0.3 is 15.5 Å². The zero-order valence-electron chi connectivity index (χ0n) is 13.7. The van der Waals surface area contributed by atoms with Gasteiger partial charge in [0.1, 0.15) is 5.82 Å². The van der Waals surface area contributed by atoms with Crippen LogP contribution in [0.15, 0.2) is 48.5 Å². The molecular weight excluding hydrogens is 345 g/mol. The van der Waals surface area contributed by atoms with Crippen molar-refractivity contribution in [3.63, 3.8) is 0 Å². The van der Waals surface area contributed by atoms with Crippen LogP contribution in [0.2, 0.25) is 5.02 Å². The first kappa shape index (κ1) is 18.6. The van der Waals surface area contributed by atoms with Crippen LogP contribution in [-0.4, -0.2) is 36.7 Å². The van der Waals surface area contributed by atoms with Crippen molar-refractivity contribution in [1.29, 1.82) is 0 Å². The van der Waals surface area contributed by atoms with E-state index < -0.39 is 5.82 Å². The van der Waals surface area contributed by atoms with Crippen molar-refractivity contribution >= 4 is 34.6 Å². The molecule has 2 aromatic rings. The summed E-state index contributed by atoms with van der Waals surface area (Å²) in [6.45, 7) is 0.697. The molecule has 0 bridgehead atoms. The fourth-order valence-electron chi connectivity index (χ4n) is 2.28. The second-order valence-electron chi connectivity index (χ2n) is 5.77. The summed E-state index contributed by atoms with van der Waals surface area (Å²) >= 11 is 11.1. The Balaban J connectivity index is 1.89. The molecule has 0 fully saturated rings. The van der Waals surface area contributed by atoms with Gasteiger partial charge in [-0.2, -0.15) is 0 Å². The molecule has 0 amide bonds. The van der Waals surface area contributed by atoms with Crippen LogP contribution in [0.25, 0.3) is 0 Å². The minimum atomic E-state index is -0.448. The SMILES string of the molecule is CN(C)[C@H](CNC(=S)Nc1ccc(F)c(Cl)c1)Cc1ccccc1. The van der Waals surface area contributed by atoms with Gasteiger partial charge in [0.05, 0.1) is 5.02 Å². The molecule has 3 nitrogen and oxygen atoms in total. The Morgan fingerprint density at radius 3 is 2.54 bits per heavy atom. The molecule has 128 valence electrons. The first-order chi connectivity index (χ1) is 11.5. The average Bonchev–Trinajstić information content (AvgIpc) is 2.55. The number of rotatable bonds is 6. The lowest BCUT2D eigenvalue weighted by Gasteiger charge is -2.25. The minimum absolute atomic E-state index is 0.0676. The van der Waals surface area contributed by atoms with E-state index in [-0.39, 0.29) is 5.02 Å². The quantitative estimate of drug-likeness (QED) is 0.758. The van der Waals surface area contributed by atoms with Crippen LogP contribution in [0.3, 0.4) is 0 Å². The van der Waals surface area contributed by atoms with Crippen LogP contribution in [0.5, 0.6) is 0 Å². The lowest BCUT2D eigenvalue weighted by atomic mass is 10.1. The fraction of sp³-hybridized carbons (Fsp3) is 0.278. The van der Waals surface area contributed by atoms with Crippen LogP contribution in [-0.2, 0) is 6.42 Å². The molecule has 0 aliphatic carbocycles. The van der Waals surface area contributed by atoms with Gasteiger partial charge in [-0.1, -0.05) is 41.9 Å². The number of thiocarbonyl (C=S) groups is 1. The number of hydrogen-bond acceptors (Lipinski definition) is 2. The number of hydrogen-bond donors (Lipinski definition) is 2.